The van der Waals surface area contributed by atoms with Gasteiger partial charge in [0.25, 0.3) is 0 Å². The third-order valence-corrected chi connectivity index (χ3v) is 3.64. The van der Waals surface area contributed by atoms with Crippen LogP contribution in [0.3, 0.4) is 0 Å². The minimum Gasteiger partial charge on any atom is -0.380 e. The summed E-state index contributed by atoms with van der Waals surface area (Å²) in [6, 6.07) is 5.14. The second-order valence-electron chi connectivity index (χ2n) is 3.77. The molecule has 1 atom stereocenters. The topological polar surface area (TPSA) is 20.2 Å². The molecular weight excluding hydrogens is 249 g/mol. The standard InChI is InChI=1S/C12H9F3OS/c1-12(16,9-3-2-6-17-9)7-4-5-8(13)11(15)10(7)14/h2-6,16H,1H3. The van der Waals surface area contributed by atoms with Crippen LogP contribution in [0, 0.1) is 17.5 Å². The highest BCUT2D eigenvalue weighted by Crippen LogP contribution is 2.34. The van der Waals surface area contributed by atoms with Crippen LogP contribution in [0.4, 0.5) is 13.2 Å². The number of hydrogen-bond acceptors (Lipinski definition) is 2. The van der Waals surface area contributed by atoms with Crippen LogP contribution < -0.4 is 0 Å². The highest BCUT2D eigenvalue weighted by Gasteiger charge is 2.32. The van der Waals surface area contributed by atoms with Gasteiger partial charge in [-0.1, -0.05) is 6.07 Å². The van der Waals surface area contributed by atoms with E-state index in [0.29, 0.717) is 4.88 Å². The molecule has 0 saturated heterocycles. The molecule has 0 aliphatic heterocycles. The lowest BCUT2D eigenvalue weighted by atomic mass is 9.93. The Kier molecular flexibility index (Phi) is 2.97. The van der Waals surface area contributed by atoms with Crippen LogP contribution in [0.5, 0.6) is 0 Å². The van der Waals surface area contributed by atoms with Crippen molar-refractivity contribution in [2.45, 2.75) is 12.5 Å². The Morgan fingerprint density at radius 1 is 1.12 bits per heavy atom. The molecule has 1 aromatic heterocycles. The van der Waals surface area contributed by atoms with Crippen LogP contribution in [0.2, 0.25) is 0 Å². The molecule has 2 aromatic rings. The average molecular weight is 258 g/mol. The van der Waals surface area contributed by atoms with Crippen molar-refractivity contribution in [1.29, 1.82) is 0 Å². The zero-order chi connectivity index (χ0) is 12.6. The SMILES string of the molecule is CC(O)(c1cccs1)c1ccc(F)c(F)c1F. The van der Waals surface area contributed by atoms with Crippen LogP contribution in [-0.4, -0.2) is 5.11 Å². The van der Waals surface area contributed by atoms with Gasteiger partial charge in [0, 0.05) is 10.4 Å². The van der Waals surface area contributed by atoms with E-state index in [-0.39, 0.29) is 5.56 Å². The molecule has 0 radical (unpaired) electrons. The Balaban J connectivity index is 2.58. The minimum atomic E-state index is -1.67. The Labute approximate surface area is 100 Å². The number of rotatable bonds is 2. The Morgan fingerprint density at radius 2 is 1.82 bits per heavy atom. The quantitative estimate of drug-likeness (QED) is 0.818. The molecule has 0 bridgehead atoms. The van der Waals surface area contributed by atoms with Crippen LogP contribution in [-0.2, 0) is 5.60 Å². The van der Waals surface area contributed by atoms with Gasteiger partial charge < -0.3 is 5.11 Å². The van der Waals surface area contributed by atoms with Gasteiger partial charge in [0.1, 0.15) is 5.60 Å². The van der Waals surface area contributed by atoms with Crippen molar-refractivity contribution in [3.63, 3.8) is 0 Å². The molecule has 0 saturated carbocycles. The molecule has 1 N–H and O–H groups in total. The molecule has 1 aromatic carbocycles. The fourth-order valence-electron chi connectivity index (χ4n) is 1.59. The fraction of sp³-hybridized carbons (Fsp3) is 0.167. The molecule has 17 heavy (non-hydrogen) atoms. The van der Waals surface area contributed by atoms with Crippen molar-refractivity contribution in [3.05, 3.63) is 57.5 Å². The summed E-state index contributed by atoms with van der Waals surface area (Å²) in [5.74, 6) is -4.20. The van der Waals surface area contributed by atoms with Gasteiger partial charge in [-0.3, -0.25) is 0 Å². The third-order valence-electron chi connectivity index (χ3n) is 2.56. The van der Waals surface area contributed by atoms with Crippen molar-refractivity contribution in [1.82, 2.24) is 0 Å². The van der Waals surface area contributed by atoms with Gasteiger partial charge >= 0.3 is 0 Å². The molecule has 5 heteroatoms. The molecule has 0 aliphatic rings. The Hall–Kier alpha value is -1.33. The summed E-state index contributed by atoms with van der Waals surface area (Å²) in [6.07, 6.45) is 0. The highest BCUT2D eigenvalue weighted by molar-refractivity contribution is 7.10. The monoisotopic (exact) mass is 258 g/mol. The summed E-state index contributed by atoms with van der Waals surface area (Å²) in [5, 5.41) is 11.9. The second-order valence-corrected chi connectivity index (χ2v) is 4.72. The van der Waals surface area contributed by atoms with E-state index in [4.69, 9.17) is 0 Å². The Bertz CT molecular complexity index is 535. The van der Waals surface area contributed by atoms with Crippen LogP contribution >= 0.6 is 11.3 Å². The van der Waals surface area contributed by atoms with Gasteiger partial charge in [-0.25, -0.2) is 13.2 Å². The molecule has 90 valence electrons. The van der Waals surface area contributed by atoms with E-state index in [2.05, 4.69) is 0 Å². The zero-order valence-corrected chi connectivity index (χ0v) is 9.69. The third kappa shape index (κ3) is 1.96. The van der Waals surface area contributed by atoms with Gasteiger partial charge in [-0.15, -0.1) is 11.3 Å². The van der Waals surface area contributed by atoms with E-state index in [1.807, 2.05) is 0 Å². The van der Waals surface area contributed by atoms with Crippen molar-refractivity contribution >= 4 is 11.3 Å². The lowest BCUT2D eigenvalue weighted by molar-refractivity contribution is 0.101. The van der Waals surface area contributed by atoms with E-state index in [1.54, 1.807) is 17.5 Å². The van der Waals surface area contributed by atoms with Crippen molar-refractivity contribution < 1.29 is 18.3 Å². The number of aliphatic hydroxyl groups is 1. The summed E-state index contributed by atoms with van der Waals surface area (Å²) >= 11 is 1.21. The molecule has 0 amide bonds. The number of benzene rings is 1. The molecular formula is C12H9F3OS. The van der Waals surface area contributed by atoms with Crippen molar-refractivity contribution in [3.8, 4) is 0 Å². The Morgan fingerprint density at radius 3 is 2.41 bits per heavy atom. The van der Waals surface area contributed by atoms with Gasteiger partial charge in [0.2, 0.25) is 0 Å². The summed E-state index contributed by atoms with van der Waals surface area (Å²) in [7, 11) is 0. The first-order valence-corrected chi connectivity index (χ1v) is 5.73. The fourth-order valence-corrected chi connectivity index (χ4v) is 2.39. The summed E-state index contributed by atoms with van der Waals surface area (Å²) < 4.78 is 39.5. The van der Waals surface area contributed by atoms with Gasteiger partial charge in [0.05, 0.1) is 0 Å². The smallest absolute Gasteiger partial charge is 0.194 e. The lowest BCUT2D eigenvalue weighted by Gasteiger charge is -2.23. The lowest BCUT2D eigenvalue weighted by Crippen LogP contribution is -2.23. The van der Waals surface area contributed by atoms with Crippen LogP contribution in [0.25, 0.3) is 0 Å². The molecule has 1 nitrogen and oxygen atoms in total. The minimum absolute atomic E-state index is 0.279. The number of halogens is 3. The molecule has 2 rings (SSSR count). The van der Waals surface area contributed by atoms with Crippen LogP contribution in [0.1, 0.15) is 17.4 Å². The number of hydrogen-bond donors (Lipinski definition) is 1. The molecule has 0 aliphatic carbocycles. The largest absolute Gasteiger partial charge is 0.380 e. The maximum atomic E-state index is 13.6. The summed E-state index contributed by atoms with van der Waals surface area (Å²) in [6.45, 7) is 1.34. The molecule has 0 fully saturated rings. The highest BCUT2D eigenvalue weighted by atomic mass is 32.1. The van der Waals surface area contributed by atoms with E-state index in [0.717, 1.165) is 12.1 Å². The van der Waals surface area contributed by atoms with E-state index < -0.39 is 23.1 Å². The van der Waals surface area contributed by atoms with Gasteiger partial charge in [0.15, 0.2) is 17.5 Å². The molecule has 0 spiro atoms. The normalized spacial score (nSPS) is 14.6. The predicted molar refractivity (Wildman–Crippen MR) is 59.3 cm³/mol. The zero-order valence-electron chi connectivity index (χ0n) is 8.88. The van der Waals surface area contributed by atoms with Gasteiger partial charge in [-0.2, -0.15) is 0 Å². The van der Waals surface area contributed by atoms with Crippen molar-refractivity contribution in [2.24, 2.45) is 0 Å². The van der Waals surface area contributed by atoms with Crippen LogP contribution in [0.15, 0.2) is 29.6 Å². The van der Waals surface area contributed by atoms with E-state index >= 15 is 0 Å². The summed E-state index contributed by atoms with van der Waals surface area (Å²) in [4.78, 5) is 0.461. The first-order valence-electron chi connectivity index (χ1n) is 4.85. The number of thiophene rings is 1. The molecule has 1 heterocycles. The second kappa shape index (κ2) is 4.16. The molecule has 1 unspecified atom stereocenters. The average Bonchev–Trinajstić information content (AvgIpc) is 2.79. The maximum absolute atomic E-state index is 13.6. The van der Waals surface area contributed by atoms with Gasteiger partial charge in [-0.05, 0) is 30.5 Å². The predicted octanol–water partition coefficient (Wildman–Crippen LogP) is 3.42. The van der Waals surface area contributed by atoms with Crippen molar-refractivity contribution in [2.75, 3.05) is 0 Å². The van der Waals surface area contributed by atoms with E-state index in [9.17, 15) is 18.3 Å². The first-order chi connectivity index (χ1) is 7.94. The van der Waals surface area contributed by atoms with E-state index in [1.165, 1.54) is 18.3 Å². The maximum Gasteiger partial charge on any atom is 0.194 e. The summed E-state index contributed by atoms with van der Waals surface area (Å²) in [5.41, 5.74) is -1.95. The first kappa shape index (κ1) is 12.1.